The van der Waals surface area contributed by atoms with Gasteiger partial charge in [-0.15, -0.1) is 11.8 Å². The third-order valence-electron chi connectivity index (χ3n) is 2.21. The summed E-state index contributed by atoms with van der Waals surface area (Å²) in [4.78, 5) is 23.9. The van der Waals surface area contributed by atoms with Crippen molar-refractivity contribution in [2.45, 2.75) is 20.0 Å². The second-order valence-electron chi connectivity index (χ2n) is 4.49. The number of pyridine rings is 1. The summed E-state index contributed by atoms with van der Waals surface area (Å²) < 4.78 is 36.4. The predicted octanol–water partition coefficient (Wildman–Crippen LogP) is 2.97. The molecule has 0 aliphatic carbocycles. The van der Waals surface area contributed by atoms with Crippen LogP contribution in [0.15, 0.2) is 30.1 Å². The molecule has 0 saturated carbocycles. The third-order valence-corrected chi connectivity index (χ3v) is 3.10. The van der Waals surface area contributed by atoms with Gasteiger partial charge >= 0.3 is 12.1 Å². The summed E-state index contributed by atoms with van der Waals surface area (Å²) in [6.07, 6.45) is -1.01. The number of alkyl halides is 3. The molecule has 5 nitrogen and oxygen atoms in total. The highest BCUT2D eigenvalue weighted by Gasteiger charge is 2.35. The Hall–Kier alpha value is -2.03. The zero-order valence-corrected chi connectivity index (χ0v) is 13.4. The van der Waals surface area contributed by atoms with E-state index < -0.39 is 23.3 Å². The van der Waals surface area contributed by atoms with Crippen molar-refractivity contribution < 1.29 is 27.9 Å². The first-order valence-corrected chi connectivity index (χ1v) is 7.45. The Bertz CT molecular complexity index is 571. The minimum absolute atomic E-state index is 0.243. The maximum atomic E-state index is 12.1. The topological polar surface area (TPSA) is 93.3 Å². The Balaban J connectivity index is 0.000000438. The highest BCUT2D eigenvalue weighted by molar-refractivity contribution is 8.00. The lowest BCUT2D eigenvalue weighted by molar-refractivity contribution is -0.138. The van der Waals surface area contributed by atoms with Gasteiger partial charge in [0.25, 0.3) is 0 Å². The van der Waals surface area contributed by atoms with Gasteiger partial charge in [-0.2, -0.15) is 13.2 Å². The first-order valence-electron chi connectivity index (χ1n) is 6.29. The summed E-state index contributed by atoms with van der Waals surface area (Å²) in [6, 6.07) is 0.628. The molecule has 23 heavy (non-hydrogen) atoms. The Morgan fingerprint density at radius 1 is 1.39 bits per heavy atom. The molecule has 1 amide bonds. The molecule has 1 rings (SSSR count). The third kappa shape index (κ3) is 9.56. The van der Waals surface area contributed by atoms with Crippen molar-refractivity contribution in [2.75, 3.05) is 11.5 Å². The van der Waals surface area contributed by atoms with Crippen molar-refractivity contribution >= 4 is 23.6 Å². The minimum Gasteiger partial charge on any atom is -0.478 e. The number of carboxylic acids is 1. The number of amides is 1. The number of hydrogen-bond acceptors (Lipinski definition) is 4. The average Bonchev–Trinajstić information content (AvgIpc) is 2.43. The number of carbonyl (C=O) groups excluding carboxylic acids is 1. The van der Waals surface area contributed by atoms with E-state index in [9.17, 15) is 22.8 Å². The van der Waals surface area contributed by atoms with Crippen LogP contribution in [-0.4, -0.2) is 33.5 Å². The maximum absolute atomic E-state index is 12.1. The van der Waals surface area contributed by atoms with Gasteiger partial charge in [-0.1, -0.05) is 11.6 Å². The van der Waals surface area contributed by atoms with E-state index in [1.807, 2.05) is 13.8 Å². The van der Waals surface area contributed by atoms with Gasteiger partial charge in [0.05, 0.1) is 16.9 Å². The summed E-state index contributed by atoms with van der Waals surface area (Å²) in [7, 11) is 0. The first-order chi connectivity index (χ1) is 10.6. The fourth-order valence-electron chi connectivity index (χ4n) is 1.20. The molecule has 9 heteroatoms. The van der Waals surface area contributed by atoms with E-state index in [0.29, 0.717) is 18.0 Å². The molecule has 0 radical (unpaired) electrons. The fraction of sp³-hybridized carbons (Fsp3) is 0.357. The number of aromatic carboxylic acids is 1. The molecule has 0 aliphatic rings. The van der Waals surface area contributed by atoms with Crippen LogP contribution in [0.3, 0.4) is 0 Å². The van der Waals surface area contributed by atoms with Gasteiger partial charge in [-0.05, 0) is 19.9 Å². The van der Waals surface area contributed by atoms with Crippen molar-refractivity contribution in [2.24, 2.45) is 5.73 Å². The van der Waals surface area contributed by atoms with Crippen LogP contribution in [0, 0.1) is 0 Å². The molecule has 0 spiro atoms. The van der Waals surface area contributed by atoms with Crippen LogP contribution in [0.25, 0.3) is 0 Å². The van der Waals surface area contributed by atoms with Crippen molar-refractivity contribution in [1.29, 1.82) is 0 Å². The molecule has 0 bridgehead atoms. The Morgan fingerprint density at radius 3 is 2.39 bits per heavy atom. The van der Waals surface area contributed by atoms with E-state index in [2.05, 4.69) is 11.1 Å². The zero-order chi connectivity index (χ0) is 18.0. The Morgan fingerprint density at radius 2 is 2.00 bits per heavy atom. The molecule has 128 valence electrons. The first kappa shape index (κ1) is 21.0. The second-order valence-corrected chi connectivity index (χ2v) is 5.52. The number of thioether (sulfide) groups is 1. The van der Waals surface area contributed by atoms with Crippen LogP contribution in [0.1, 0.15) is 29.8 Å². The number of allylic oxidation sites excluding steroid dienone is 1. The molecule has 0 unspecified atom stereocenters. The van der Waals surface area contributed by atoms with Gasteiger partial charge in [0, 0.05) is 18.1 Å². The van der Waals surface area contributed by atoms with Crippen LogP contribution in [-0.2, 0) is 11.0 Å². The van der Waals surface area contributed by atoms with Gasteiger partial charge in [-0.3, -0.25) is 9.78 Å². The van der Waals surface area contributed by atoms with Gasteiger partial charge < -0.3 is 10.8 Å². The highest BCUT2D eigenvalue weighted by atomic mass is 32.2. The van der Waals surface area contributed by atoms with Gasteiger partial charge in [0.2, 0.25) is 5.91 Å². The zero-order valence-electron chi connectivity index (χ0n) is 12.6. The number of primary amides is 1. The Kier molecular flexibility index (Phi) is 9.01. The van der Waals surface area contributed by atoms with E-state index >= 15 is 0 Å². The van der Waals surface area contributed by atoms with Crippen molar-refractivity contribution in [3.63, 3.8) is 0 Å². The number of carboxylic acid groups (broad SMARTS) is 1. The van der Waals surface area contributed by atoms with Crippen molar-refractivity contribution in [1.82, 2.24) is 4.98 Å². The largest absolute Gasteiger partial charge is 0.478 e. The van der Waals surface area contributed by atoms with E-state index in [-0.39, 0.29) is 5.91 Å². The SMILES string of the molecule is CC(C)=CCSCC(N)=O.O=C(O)c1cnccc1C(F)(F)F. The van der Waals surface area contributed by atoms with Crippen LogP contribution in [0.5, 0.6) is 0 Å². The molecule has 1 heterocycles. The quantitative estimate of drug-likeness (QED) is 0.629. The maximum Gasteiger partial charge on any atom is 0.417 e. The lowest BCUT2D eigenvalue weighted by Crippen LogP contribution is -2.13. The van der Waals surface area contributed by atoms with Gasteiger partial charge in [0.15, 0.2) is 0 Å². The molecule has 0 fully saturated rings. The highest BCUT2D eigenvalue weighted by Crippen LogP contribution is 2.31. The van der Waals surface area contributed by atoms with E-state index in [1.165, 1.54) is 17.3 Å². The molecule has 0 aliphatic heterocycles. The minimum atomic E-state index is -4.66. The lowest BCUT2D eigenvalue weighted by atomic mass is 10.1. The van der Waals surface area contributed by atoms with Crippen LogP contribution in [0.4, 0.5) is 13.2 Å². The van der Waals surface area contributed by atoms with E-state index in [4.69, 9.17) is 10.8 Å². The molecule has 1 aromatic rings. The van der Waals surface area contributed by atoms with Gasteiger partial charge in [-0.25, -0.2) is 4.79 Å². The van der Waals surface area contributed by atoms with E-state index in [0.717, 1.165) is 11.9 Å². The second kappa shape index (κ2) is 9.88. The van der Waals surface area contributed by atoms with Crippen molar-refractivity contribution in [3.8, 4) is 0 Å². The molecule has 3 N–H and O–H groups in total. The molecule has 0 saturated heterocycles. The van der Waals surface area contributed by atoms with Crippen LogP contribution < -0.4 is 5.73 Å². The summed E-state index contributed by atoms with van der Waals surface area (Å²) in [5.41, 5.74) is 4.18. The fourth-order valence-corrected chi connectivity index (χ4v) is 1.97. The average molecular weight is 350 g/mol. The number of nitrogens with zero attached hydrogens (tertiary/aromatic N) is 1. The predicted molar refractivity (Wildman–Crippen MR) is 82.1 cm³/mol. The van der Waals surface area contributed by atoms with Crippen LogP contribution in [0.2, 0.25) is 0 Å². The number of aromatic nitrogens is 1. The summed E-state index contributed by atoms with van der Waals surface area (Å²) in [5.74, 6) is -0.581. The van der Waals surface area contributed by atoms with E-state index in [1.54, 1.807) is 0 Å². The lowest BCUT2D eigenvalue weighted by Gasteiger charge is -2.08. The molecule has 1 aromatic heterocycles. The normalized spacial score (nSPS) is 10.3. The number of nitrogens with two attached hydrogens (primary N) is 1. The number of carbonyl (C=O) groups is 2. The molecular formula is C14H17F3N2O3S. The van der Waals surface area contributed by atoms with Gasteiger partial charge in [0.1, 0.15) is 0 Å². The summed E-state index contributed by atoms with van der Waals surface area (Å²) >= 11 is 1.54. The number of halogens is 3. The molecule has 0 atom stereocenters. The standard InChI is InChI=1S/C7H4F3NO2.C7H13NOS/c8-7(9,10)5-1-2-11-3-4(5)6(12)13;1-6(2)3-4-10-5-7(8)9/h1-3H,(H,12,13);3H,4-5H2,1-2H3,(H2,8,9). The van der Waals surface area contributed by atoms with Crippen LogP contribution >= 0.6 is 11.8 Å². The molecule has 0 aromatic carbocycles. The smallest absolute Gasteiger partial charge is 0.417 e. The number of rotatable bonds is 5. The molecular weight excluding hydrogens is 333 g/mol. The summed E-state index contributed by atoms with van der Waals surface area (Å²) in [6.45, 7) is 4.07. The Labute approximate surface area is 135 Å². The monoisotopic (exact) mass is 350 g/mol. The number of hydrogen-bond donors (Lipinski definition) is 2. The summed E-state index contributed by atoms with van der Waals surface area (Å²) in [5, 5.41) is 8.39. The van der Waals surface area contributed by atoms with Crippen molar-refractivity contribution in [3.05, 3.63) is 41.2 Å².